The van der Waals surface area contributed by atoms with E-state index in [9.17, 15) is 0 Å². The number of rotatable bonds is 8. The summed E-state index contributed by atoms with van der Waals surface area (Å²) >= 11 is 20.2. The Hall–Kier alpha value is -0.520. The van der Waals surface area contributed by atoms with Gasteiger partial charge in [-0.3, -0.25) is 4.90 Å². The highest BCUT2D eigenvalue weighted by Gasteiger charge is 2.24. The second-order valence-corrected chi connectivity index (χ2v) is 8.91. The molecular weight excluding hydrogens is 397 g/mol. The number of aromatic nitrogens is 1. The molecule has 1 aliphatic carbocycles. The van der Waals surface area contributed by atoms with Gasteiger partial charge in [-0.25, -0.2) is 4.98 Å². The first kappa shape index (κ1) is 19.2. The van der Waals surface area contributed by atoms with Gasteiger partial charge in [-0.2, -0.15) is 0 Å². The number of aryl methyl sites for hydroxylation is 1. The lowest BCUT2D eigenvalue weighted by atomic mass is 10.3. The normalized spacial score (nSPS) is 14.3. The molecule has 1 fully saturated rings. The molecule has 1 heterocycles. The summed E-state index contributed by atoms with van der Waals surface area (Å²) in [5, 5.41) is 5.57. The summed E-state index contributed by atoms with van der Waals surface area (Å²) in [5.74, 6) is 0.893. The maximum absolute atomic E-state index is 6.26. The summed E-state index contributed by atoms with van der Waals surface area (Å²) < 4.78 is 0. The number of anilines is 2. The van der Waals surface area contributed by atoms with Crippen LogP contribution in [0.4, 0.5) is 10.8 Å². The third-order valence-corrected chi connectivity index (χ3v) is 6.12. The molecule has 0 spiro atoms. The van der Waals surface area contributed by atoms with Gasteiger partial charge in [-0.15, -0.1) is 11.3 Å². The largest absolute Gasteiger partial charge is 0.329 e. The van der Waals surface area contributed by atoms with Crippen LogP contribution in [0.15, 0.2) is 12.1 Å². The van der Waals surface area contributed by atoms with Gasteiger partial charge in [-0.05, 0) is 50.8 Å². The highest BCUT2D eigenvalue weighted by atomic mass is 35.5. The molecule has 1 N–H and O–H groups in total. The van der Waals surface area contributed by atoms with Crippen molar-refractivity contribution in [3.63, 3.8) is 0 Å². The predicted octanol–water partition coefficient (Wildman–Crippen LogP) is 6.78. The highest BCUT2D eigenvalue weighted by Crippen LogP contribution is 2.37. The number of thiazole rings is 1. The fourth-order valence-electron chi connectivity index (χ4n) is 2.82. The number of halogens is 3. The summed E-state index contributed by atoms with van der Waals surface area (Å²) in [5.41, 5.74) is 1.71. The average molecular weight is 419 g/mol. The minimum absolute atomic E-state index is 0.494. The van der Waals surface area contributed by atoms with Crippen LogP contribution in [0, 0.1) is 12.8 Å². The van der Waals surface area contributed by atoms with Gasteiger partial charge >= 0.3 is 0 Å². The molecule has 1 saturated carbocycles. The molecule has 1 aromatic carbocycles. The predicted molar refractivity (Wildman–Crippen MR) is 110 cm³/mol. The highest BCUT2D eigenvalue weighted by molar-refractivity contribution is 7.15. The molecule has 0 saturated heterocycles. The molecule has 0 aliphatic heterocycles. The third kappa shape index (κ3) is 5.24. The molecule has 7 heteroatoms. The van der Waals surface area contributed by atoms with Crippen molar-refractivity contribution in [2.75, 3.05) is 18.4 Å². The van der Waals surface area contributed by atoms with E-state index in [1.54, 1.807) is 23.5 Å². The van der Waals surface area contributed by atoms with E-state index in [0.29, 0.717) is 20.8 Å². The van der Waals surface area contributed by atoms with E-state index in [1.165, 1.54) is 30.7 Å². The van der Waals surface area contributed by atoms with Crippen LogP contribution in [0.1, 0.15) is 36.8 Å². The van der Waals surface area contributed by atoms with Crippen molar-refractivity contribution in [3.8, 4) is 0 Å². The van der Waals surface area contributed by atoms with Crippen LogP contribution in [0.25, 0.3) is 0 Å². The molecule has 0 amide bonds. The van der Waals surface area contributed by atoms with E-state index in [2.05, 4.69) is 29.0 Å². The minimum atomic E-state index is 0.494. The fourth-order valence-corrected chi connectivity index (χ4v) is 4.74. The van der Waals surface area contributed by atoms with Crippen molar-refractivity contribution in [3.05, 3.63) is 37.8 Å². The van der Waals surface area contributed by atoms with E-state index in [0.717, 1.165) is 29.8 Å². The van der Waals surface area contributed by atoms with E-state index < -0.39 is 0 Å². The summed E-state index contributed by atoms with van der Waals surface area (Å²) in [6.45, 7) is 7.58. The van der Waals surface area contributed by atoms with Gasteiger partial charge in [0, 0.05) is 23.0 Å². The average Bonchev–Trinajstić information content (AvgIpc) is 3.27. The molecule has 3 nitrogen and oxygen atoms in total. The van der Waals surface area contributed by atoms with E-state index >= 15 is 0 Å². The zero-order valence-corrected chi connectivity index (χ0v) is 17.5. The quantitative estimate of drug-likeness (QED) is 0.512. The smallest absolute Gasteiger partial charge is 0.187 e. The lowest BCUT2D eigenvalue weighted by Gasteiger charge is -2.20. The zero-order valence-electron chi connectivity index (χ0n) is 14.4. The minimum Gasteiger partial charge on any atom is -0.329 e. The van der Waals surface area contributed by atoms with E-state index in [4.69, 9.17) is 34.8 Å². The van der Waals surface area contributed by atoms with Crippen molar-refractivity contribution in [2.24, 2.45) is 5.92 Å². The molecule has 0 bridgehead atoms. The third-order valence-electron chi connectivity index (χ3n) is 4.25. The second kappa shape index (κ2) is 8.45. The Labute approximate surface area is 168 Å². The van der Waals surface area contributed by atoms with Crippen LogP contribution in [0.3, 0.4) is 0 Å². The Bertz CT molecular complexity index is 720. The van der Waals surface area contributed by atoms with Gasteiger partial charge in [0.1, 0.15) is 0 Å². The standard InChI is InChI=1S/C18H22Cl3N3S/c1-3-6-24(9-12-4-5-12)10-16-11(2)22-18(25-16)23-17-14(20)7-13(19)8-15(17)21/h7-8,12H,3-6,9-10H2,1-2H3,(H,22,23). The maximum Gasteiger partial charge on any atom is 0.187 e. The Morgan fingerprint density at radius 1 is 1.24 bits per heavy atom. The molecule has 0 atom stereocenters. The van der Waals surface area contributed by atoms with Crippen LogP contribution in [-0.4, -0.2) is 23.0 Å². The summed E-state index contributed by atoms with van der Waals surface area (Å²) in [4.78, 5) is 8.48. The zero-order chi connectivity index (χ0) is 18.0. The van der Waals surface area contributed by atoms with Gasteiger partial charge < -0.3 is 5.32 Å². The van der Waals surface area contributed by atoms with Crippen LogP contribution < -0.4 is 5.32 Å². The van der Waals surface area contributed by atoms with Gasteiger partial charge in [0.2, 0.25) is 0 Å². The van der Waals surface area contributed by atoms with Crippen LogP contribution in [0.5, 0.6) is 0 Å². The summed E-state index contributed by atoms with van der Waals surface area (Å²) in [6.07, 6.45) is 3.93. The van der Waals surface area contributed by atoms with E-state index in [-0.39, 0.29) is 0 Å². The Kier molecular flexibility index (Phi) is 6.50. The number of benzene rings is 1. The van der Waals surface area contributed by atoms with Crippen LogP contribution in [0.2, 0.25) is 15.1 Å². The first-order valence-corrected chi connectivity index (χ1v) is 10.5. The summed E-state index contributed by atoms with van der Waals surface area (Å²) in [7, 11) is 0. The van der Waals surface area contributed by atoms with Gasteiger partial charge in [0.05, 0.1) is 21.4 Å². The number of hydrogen-bond donors (Lipinski definition) is 1. The fraction of sp³-hybridized carbons (Fsp3) is 0.500. The van der Waals surface area contributed by atoms with Crippen molar-refractivity contribution in [1.29, 1.82) is 0 Å². The second-order valence-electron chi connectivity index (χ2n) is 6.58. The van der Waals surface area contributed by atoms with Gasteiger partial charge in [0.15, 0.2) is 5.13 Å². The molecule has 1 aliphatic rings. The monoisotopic (exact) mass is 417 g/mol. The van der Waals surface area contributed by atoms with Crippen LogP contribution in [-0.2, 0) is 6.54 Å². The Morgan fingerprint density at radius 3 is 2.52 bits per heavy atom. The molecule has 3 rings (SSSR count). The number of nitrogens with zero attached hydrogens (tertiary/aromatic N) is 2. The Morgan fingerprint density at radius 2 is 1.92 bits per heavy atom. The molecular formula is C18H22Cl3N3S. The van der Waals surface area contributed by atoms with E-state index in [1.807, 2.05) is 0 Å². The SMILES string of the molecule is CCCN(Cc1sc(Nc2c(Cl)cc(Cl)cc2Cl)nc1C)CC1CC1. The lowest BCUT2D eigenvalue weighted by Crippen LogP contribution is -2.26. The Balaban J connectivity index is 1.73. The number of hydrogen-bond acceptors (Lipinski definition) is 4. The van der Waals surface area contributed by atoms with Crippen LogP contribution >= 0.6 is 46.1 Å². The first-order chi connectivity index (χ1) is 12.0. The number of nitrogens with one attached hydrogen (secondary N) is 1. The van der Waals surface area contributed by atoms with Gasteiger partial charge in [-0.1, -0.05) is 41.7 Å². The van der Waals surface area contributed by atoms with Crippen molar-refractivity contribution >= 4 is 57.0 Å². The maximum atomic E-state index is 6.26. The first-order valence-electron chi connectivity index (χ1n) is 8.56. The molecule has 0 radical (unpaired) electrons. The molecule has 1 aromatic heterocycles. The molecule has 136 valence electrons. The van der Waals surface area contributed by atoms with Crippen molar-refractivity contribution in [1.82, 2.24) is 9.88 Å². The van der Waals surface area contributed by atoms with Crippen molar-refractivity contribution < 1.29 is 0 Å². The lowest BCUT2D eigenvalue weighted by molar-refractivity contribution is 0.256. The molecule has 2 aromatic rings. The summed E-state index contributed by atoms with van der Waals surface area (Å²) in [6, 6.07) is 3.36. The topological polar surface area (TPSA) is 28.2 Å². The van der Waals surface area contributed by atoms with Gasteiger partial charge in [0.25, 0.3) is 0 Å². The van der Waals surface area contributed by atoms with Crippen molar-refractivity contribution in [2.45, 2.75) is 39.7 Å². The molecule has 0 unspecified atom stereocenters. The molecule has 25 heavy (non-hydrogen) atoms.